The fraction of sp³-hybridized carbons (Fsp3) is 0.733. The van der Waals surface area contributed by atoms with Crippen LogP contribution in [0.2, 0.25) is 0 Å². The SMILES string of the molecule is CCCCCCCC(NC)c1ccoc1CC. The first kappa shape index (κ1) is 14.3. The minimum Gasteiger partial charge on any atom is -0.469 e. The van der Waals surface area contributed by atoms with Crippen LogP contribution in [0.15, 0.2) is 16.7 Å². The molecule has 0 amide bonds. The van der Waals surface area contributed by atoms with Gasteiger partial charge in [-0.1, -0.05) is 46.0 Å². The molecule has 1 heterocycles. The summed E-state index contributed by atoms with van der Waals surface area (Å²) in [6.45, 7) is 4.41. The van der Waals surface area contributed by atoms with E-state index in [-0.39, 0.29) is 0 Å². The highest BCUT2D eigenvalue weighted by Gasteiger charge is 2.14. The molecule has 1 atom stereocenters. The second kappa shape index (κ2) is 8.35. The van der Waals surface area contributed by atoms with Gasteiger partial charge in [0.2, 0.25) is 0 Å². The van der Waals surface area contributed by atoms with E-state index < -0.39 is 0 Å². The van der Waals surface area contributed by atoms with Crippen LogP contribution in [-0.2, 0) is 6.42 Å². The highest BCUT2D eigenvalue weighted by Crippen LogP contribution is 2.24. The van der Waals surface area contributed by atoms with Crippen LogP contribution in [-0.4, -0.2) is 7.05 Å². The molecular formula is C15H27NO. The van der Waals surface area contributed by atoms with E-state index >= 15 is 0 Å². The lowest BCUT2D eigenvalue weighted by molar-refractivity contribution is 0.471. The molecule has 1 rings (SSSR count). The number of nitrogens with one attached hydrogen (secondary N) is 1. The number of furan rings is 1. The third-order valence-electron chi connectivity index (χ3n) is 3.42. The summed E-state index contributed by atoms with van der Waals surface area (Å²) in [4.78, 5) is 0. The molecule has 0 bridgehead atoms. The van der Waals surface area contributed by atoms with Crippen LogP contribution in [0, 0.1) is 0 Å². The van der Waals surface area contributed by atoms with Gasteiger partial charge in [-0.3, -0.25) is 0 Å². The molecule has 1 aromatic rings. The molecule has 0 fully saturated rings. The second-order valence-corrected chi connectivity index (χ2v) is 4.70. The van der Waals surface area contributed by atoms with Crippen molar-refractivity contribution in [2.45, 2.75) is 64.8 Å². The number of aryl methyl sites for hydroxylation is 1. The Kier molecular flexibility index (Phi) is 7.02. The third kappa shape index (κ3) is 4.55. The zero-order valence-electron chi connectivity index (χ0n) is 11.6. The molecule has 1 N–H and O–H groups in total. The fourth-order valence-corrected chi connectivity index (χ4v) is 2.36. The average Bonchev–Trinajstić information content (AvgIpc) is 2.82. The van der Waals surface area contributed by atoms with Gasteiger partial charge in [0.15, 0.2) is 0 Å². The molecule has 0 aliphatic heterocycles. The largest absolute Gasteiger partial charge is 0.469 e. The molecule has 2 nitrogen and oxygen atoms in total. The maximum absolute atomic E-state index is 5.50. The first-order valence-corrected chi connectivity index (χ1v) is 7.07. The van der Waals surface area contributed by atoms with E-state index in [0.29, 0.717) is 6.04 Å². The standard InChI is InChI=1S/C15H27NO/c1-4-6-7-8-9-10-14(16-3)13-11-12-17-15(13)5-2/h11-12,14,16H,4-10H2,1-3H3. The fourth-order valence-electron chi connectivity index (χ4n) is 2.36. The summed E-state index contributed by atoms with van der Waals surface area (Å²) in [5, 5.41) is 3.41. The molecule has 1 aromatic heterocycles. The van der Waals surface area contributed by atoms with Gasteiger partial charge in [-0.05, 0) is 19.5 Å². The Morgan fingerprint density at radius 3 is 2.59 bits per heavy atom. The highest BCUT2D eigenvalue weighted by atomic mass is 16.3. The summed E-state index contributed by atoms with van der Waals surface area (Å²) in [7, 11) is 2.04. The van der Waals surface area contributed by atoms with Crippen LogP contribution in [0.3, 0.4) is 0 Å². The van der Waals surface area contributed by atoms with Gasteiger partial charge < -0.3 is 9.73 Å². The molecule has 0 radical (unpaired) electrons. The van der Waals surface area contributed by atoms with Crippen LogP contribution >= 0.6 is 0 Å². The summed E-state index contributed by atoms with van der Waals surface area (Å²) in [6.07, 6.45) is 10.7. The first-order chi connectivity index (χ1) is 8.33. The third-order valence-corrected chi connectivity index (χ3v) is 3.42. The van der Waals surface area contributed by atoms with Crippen molar-refractivity contribution in [3.63, 3.8) is 0 Å². The van der Waals surface area contributed by atoms with Crippen LogP contribution in [0.4, 0.5) is 0 Å². The van der Waals surface area contributed by atoms with Crippen molar-refractivity contribution in [2.24, 2.45) is 0 Å². The summed E-state index contributed by atoms with van der Waals surface area (Å²) >= 11 is 0. The van der Waals surface area contributed by atoms with E-state index in [1.165, 1.54) is 44.1 Å². The van der Waals surface area contributed by atoms with Crippen molar-refractivity contribution in [1.29, 1.82) is 0 Å². The van der Waals surface area contributed by atoms with E-state index in [4.69, 9.17) is 4.42 Å². The van der Waals surface area contributed by atoms with Gasteiger partial charge >= 0.3 is 0 Å². The van der Waals surface area contributed by atoms with E-state index in [1.54, 1.807) is 0 Å². The molecule has 0 saturated heterocycles. The predicted octanol–water partition coefficient (Wildman–Crippen LogP) is 4.46. The van der Waals surface area contributed by atoms with E-state index in [1.807, 2.05) is 13.3 Å². The first-order valence-electron chi connectivity index (χ1n) is 7.07. The Labute approximate surface area is 106 Å². The lowest BCUT2D eigenvalue weighted by atomic mass is 9.99. The molecule has 98 valence electrons. The van der Waals surface area contributed by atoms with Gasteiger partial charge in [0.25, 0.3) is 0 Å². The van der Waals surface area contributed by atoms with Crippen molar-refractivity contribution in [3.05, 3.63) is 23.7 Å². The molecule has 0 saturated carbocycles. The van der Waals surface area contributed by atoms with Crippen molar-refractivity contribution in [1.82, 2.24) is 5.32 Å². The van der Waals surface area contributed by atoms with E-state index in [9.17, 15) is 0 Å². The quantitative estimate of drug-likeness (QED) is 0.641. The molecule has 0 aliphatic rings. The van der Waals surface area contributed by atoms with Gasteiger partial charge in [0.1, 0.15) is 5.76 Å². The van der Waals surface area contributed by atoms with Crippen LogP contribution in [0.5, 0.6) is 0 Å². The molecule has 2 heteroatoms. The minimum absolute atomic E-state index is 0.463. The Morgan fingerprint density at radius 1 is 1.18 bits per heavy atom. The molecule has 0 aliphatic carbocycles. The van der Waals surface area contributed by atoms with Crippen molar-refractivity contribution in [3.8, 4) is 0 Å². The lowest BCUT2D eigenvalue weighted by Crippen LogP contribution is -2.16. The van der Waals surface area contributed by atoms with Crippen LogP contribution in [0.25, 0.3) is 0 Å². The van der Waals surface area contributed by atoms with Gasteiger partial charge in [-0.25, -0.2) is 0 Å². The Hall–Kier alpha value is -0.760. The van der Waals surface area contributed by atoms with Gasteiger partial charge in [-0.2, -0.15) is 0 Å². The number of unbranched alkanes of at least 4 members (excludes halogenated alkanes) is 4. The summed E-state index contributed by atoms with van der Waals surface area (Å²) in [5.74, 6) is 1.14. The zero-order valence-corrected chi connectivity index (χ0v) is 11.6. The molecular weight excluding hydrogens is 210 g/mol. The molecule has 1 unspecified atom stereocenters. The van der Waals surface area contributed by atoms with Gasteiger partial charge in [-0.15, -0.1) is 0 Å². The van der Waals surface area contributed by atoms with Gasteiger partial charge in [0.05, 0.1) is 6.26 Å². The number of hydrogen-bond donors (Lipinski definition) is 1. The second-order valence-electron chi connectivity index (χ2n) is 4.70. The Morgan fingerprint density at radius 2 is 1.94 bits per heavy atom. The summed E-state index contributed by atoms with van der Waals surface area (Å²) in [6, 6.07) is 2.58. The topological polar surface area (TPSA) is 25.2 Å². The normalized spacial score (nSPS) is 12.9. The summed E-state index contributed by atoms with van der Waals surface area (Å²) in [5.41, 5.74) is 1.35. The highest BCUT2D eigenvalue weighted by molar-refractivity contribution is 5.21. The molecule has 0 spiro atoms. The number of rotatable bonds is 9. The molecule has 17 heavy (non-hydrogen) atoms. The van der Waals surface area contributed by atoms with Gasteiger partial charge in [0, 0.05) is 18.0 Å². The molecule has 0 aromatic carbocycles. The van der Waals surface area contributed by atoms with Crippen molar-refractivity contribution >= 4 is 0 Å². The summed E-state index contributed by atoms with van der Waals surface area (Å²) < 4.78 is 5.50. The van der Waals surface area contributed by atoms with Crippen LogP contribution in [0.1, 0.15) is 69.7 Å². The predicted molar refractivity (Wildman–Crippen MR) is 73.3 cm³/mol. The van der Waals surface area contributed by atoms with Crippen LogP contribution < -0.4 is 5.32 Å². The minimum atomic E-state index is 0.463. The lowest BCUT2D eigenvalue weighted by Gasteiger charge is -2.15. The average molecular weight is 237 g/mol. The zero-order chi connectivity index (χ0) is 12.5. The maximum Gasteiger partial charge on any atom is 0.108 e. The Bertz CT molecular complexity index is 293. The van der Waals surface area contributed by atoms with Crippen molar-refractivity contribution in [2.75, 3.05) is 7.05 Å². The van der Waals surface area contributed by atoms with E-state index in [0.717, 1.165) is 12.2 Å². The van der Waals surface area contributed by atoms with E-state index in [2.05, 4.69) is 25.2 Å². The van der Waals surface area contributed by atoms with Crippen molar-refractivity contribution < 1.29 is 4.42 Å². The smallest absolute Gasteiger partial charge is 0.108 e. The monoisotopic (exact) mass is 237 g/mol. The maximum atomic E-state index is 5.50. The number of hydrogen-bond acceptors (Lipinski definition) is 2. The Balaban J connectivity index is 2.38.